The number of anilines is 1. The Kier molecular flexibility index (Phi) is 4.63. The molecule has 0 aliphatic heterocycles. The van der Waals surface area contributed by atoms with E-state index in [2.05, 4.69) is 33.8 Å². The molecule has 0 atom stereocenters. The third-order valence-corrected chi connectivity index (χ3v) is 2.92. The van der Waals surface area contributed by atoms with E-state index in [0.717, 1.165) is 18.8 Å². The lowest BCUT2D eigenvalue weighted by Gasteiger charge is -2.18. The second-order valence-corrected chi connectivity index (χ2v) is 4.33. The van der Waals surface area contributed by atoms with Crippen LogP contribution < -0.4 is 4.90 Å². The maximum absolute atomic E-state index is 5.96. The van der Waals surface area contributed by atoms with Crippen LogP contribution in [0.1, 0.15) is 25.4 Å². The summed E-state index contributed by atoms with van der Waals surface area (Å²) in [5, 5.41) is 0.225. The predicted molar refractivity (Wildman–Crippen MR) is 75.4 cm³/mol. The second kappa shape index (κ2) is 6.43. The number of pyridine rings is 1. The van der Waals surface area contributed by atoms with Crippen LogP contribution in [0.3, 0.4) is 0 Å². The summed E-state index contributed by atoms with van der Waals surface area (Å²) in [6.07, 6.45) is 2.31. The van der Waals surface area contributed by atoms with Gasteiger partial charge in [0.1, 0.15) is 5.82 Å². The largest absolute Gasteiger partial charge is 0.341 e. The van der Waals surface area contributed by atoms with Crippen molar-refractivity contribution in [2.75, 3.05) is 18.0 Å². The Morgan fingerprint density at radius 2 is 1.89 bits per heavy atom. The highest BCUT2D eigenvalue weighted by Crippen LogP contribution is 2.12. The summed E-state index contributed by atoms with van der Waals surface area (Å²) in [5.74, 6) is 1.26. The van der Waals surface area contributed by atoms with Gasteiger partial charge >= 0.3 is 0 Å². The number of hydrogen-bond donors (Lipinski definition) is 0. The fourth-order valence-corrected chi connectivity index (χ4v) is 1.94. The molecule has 6 heteroatoms. The highest BCUT2D eigenvalue weighted by Gasteiger charge is 2.10. The van der Waals surface area contributed by atoms with Crippen molar-refractivity contribution in [3.8, 4) is 0 Å². The van der Waals surface area contributed by atoms with Gasteiger partial charge in [-0.1, -0.05) is 6.07 Å². The average molecular weight is 278 g/mol. The van der Waals surface area contributed by atoms with Gasteiger partial charge in [-0.15, -0.1) is 0 Å². The Morgan fingerprint density at radius 3 is 2.53 bits per heavy atom. The zero-order valence-corrected chi connectivity index (χ0v) is 11.8. The fraction of sp³-hybridized carbons (Fsp3) is 0.385. The molecule has 2 aromatic heterocycles. The molecule has 0 saturated heterocycles. The van der Waals surface area contributed by atoms with Crippen LogP contribution in [0.5, 0.6) is 0 Å². The smallest absolute Gasteiger partial charge is 0.229 e. The van der Waals surface area contributed by atoms with Crippen molar-refractivity contribution in [3.63, 3.8) is 0 Å². The molecule has 0 spiro atoms. The monoisotopic (exact) mass is 277 g/mol. The van der Waals surface area contributed by atoms with E-state index in [-0.39, 0.29) is 5.28 Å². The molecule has 0 unspecified atom stereocenters. The summed E-state index contributed by atoms with van der Waals surface area (Å²) in [5.41, 5.74) is 0.912. The van der Waals surface area contributed by atoms with Crippen LogP contribution in [0.25, 0.3) is 0 Å². The van der Waals surface area contributed by atoms with Gasteiger partial charge in [0, 0.05) is 25.0 Å². The fourth-order valence-electron chi connectivity index (χ4n) is 1.77. The number of aromatic nitrogens is 4. The van der Waals surface area contributed by atoms with Gasteiger partial charge in [0.15, 0.2) is 0 Å². The van der Waals surface area contributed by atoms with E-state index in [1.165, 1.54) is 0 Å². The van der Waals surface area contributed by atoms with Gasteiger partial charge in [0.25, 0.3) is 0 Å². The van der Waals surface area contributed by atoms with Gasteiger partial charge < -0.3 is 4.90 Å². The van der Waals surface area contributed by atoms with Crippen LogP contribution in [-0.2, 0) is 6.42 Å². The first kappa shape index (κ1) is 13.7. The number of rotatable bonds is 5. The SMILES string of the molecule is CCN(CC)c1nc(Cl)nc(Cc2ccccn2)n1. The Labute approximate surface area is 117 Å². The zero-order chi connectivity index (χ0) is 13.7. The molecule has 0 amide bonds. The highest BCUT2D eigenvalue weighted by molar-refractivity contribution is 6.28. The summed E-state index contributed by atoms with van der Waals surface area (Å²) >= 11 is 5.96. The minimum Gasteiger partial charge on any atom is -0.341 e. The standard InChI is InChI=1S/C13H16ClN5/c1-3-19(4-2)13-17-11(16-12(14)18-13)9-10-7-5-6-8-15-10/h5-8H,3-4,9H2,1-2H3. The molecular formula is C13H16ClN5. The normalized spacial score (nSPS) is 10.5. The molecular weight excluding hydrogens is 262 g/mol. The minimum atomic E-state index is 0.225. The van der Waals surface area contributed by atoms with E-state index < -0.39 is 0 Å². The molecule has 2 rings (SSSR count). The van der Waals surface area contributed by atoms with Crippen molar-refractivity contribution in [1.82, 2.24) is 19.9 Å². The van der Waals surface area contributed by atoms with Crippen molar-refractivity contribution in [2.24, 2.45) is 0 Å². The number of hydrogen-bond acceptors (Lipinski definition) is 5. The first-order chi connectivity index (χ1) is 9.22. The Morgan fingerprint density at radius 1 is 1.11 bits per heavy atom. The average Bonchev–Trinajstić information content (AvgIpc) is 2.40. The summed E-state index contributed by atoms with van der Waals surface area (Å²) in [7, 11) is 0. The molecule has 2 aromatic rings. The van der Waals surface area contributed by atoms with E-state index in [1.807, 2.05) is 23.1 Å². The minimum absolute atomic E-state index is 0.225. The van der Waals surface area contributed by atoms with E-state index in [9.17, 15) is 0 Å². The lowest BCUT2D eigenvalue weighted by molar-refractivity contribution is 0.790. The predicted octanol–water partition coefficient (Wildman–Crippen LogP) is 2.36. The molecule has 5 nitrogen and oxygen atoms in total. The van der Waals surface area contributed by atoms with Crippen LogP contribution in [-0.4, -0.2) is 33.0 Å². The Balaban J connectivity index is 2.26. The first-order valence-corrected chi connectivity index (χ1v) is 6.66. The Bertz CT molecular complexity index is 528. The third kappa shape index (κ3) is 3.61. The lowest BCUT2D eigenvalue weighted by Crippen LogP contribution is -2.25. The van der Waals surface area contributed by atoms with E-state index >= 15 is 0 Å². The summed E-state index contributed by atoms with van der Waals surface area (Å²) in [6, 6.07) is 5.76. The maximum Gasteiger partial charge on any atom is 0.229 e. The van der Waals surface area contributed by atoms with Gasteiger partial charge in [-0.3, -0.25) is 4.98 Å². The lowest BCUT2D eigenvalue weighted by atomic mass is 10.2. The second-order valence-electron chi connectivity index (χ2n) is 3.99. The molecule has 0 aliphatic carbocycles. The van der Waals surface area contributed by atoms with Crippen molar-refractivity contribution in [2.45, 2.75) is 20.3 Å². The topological polar surface area (TPSA) is 54.8 Å². The van der Waals surface area contributed by atoms with Gasteiger partial charge in [0.2, 0.25) is 11.2 Å². The molecule has 0 aliphatic rings. The number of nitrogens with zero attached hydrogens (tertiary/aromatic N) is 5. The van der Waals surface area contributed by atoms with Crippen LogP contribution >= 0.6 is 11.6 Å². The molecule has 0 aromatic carbocycles. The van der Waals surface area contributed by atoms with Crippen molar-refractivity contribution >= 4 is 17.5 Å². The number of halogens is 1. The summed E-state index contributed by atoms with van der Waals surface area (Å²) < 4.78 is 0. The van der Waals surface area contributed by atoms with Gasteiger partial charge in [-0.2, -0.15) is 9.97 Å². The highest BCUT2D eigenvalue weighted by atomic mass is 35.5. The first-order valence-electron chi connectivity index (χ1n) is 6.28. The zero-order valence-electron chi connectivity index (χ0n) is 11.0. The van der Waals surface area contributed by atoms with Gasteiger partial charge in [-0.05, 0) is 37.6 Å². The molecule has 0 saturated carbocycles. The van der Waals surface area contributed by atoms with Crippen molar-refractivity contribution in [1.29, 1.82) is 0 Å². The van der Waals surface area contributed by atoms with Crippen molar-refractivity contribution < 1.29 is 0 Å². The van der Waals surface area contributed by atoms with Gasteiger partial charge in [0.05, 0.1) is 6.42 Å². The van der Waals surface area contributed by atoms with Crippen LogP contribution in [0, 0.1) is 0 Å². The molecule has 0 bridgehead atoms. The quantitative estimate of drug-likeness (QED) is 0.840. The Hall–Kier alpha value is -1.75. The van der Waals surface area contributed by atoms with E-state index in [0.29, 0.717) is 18.2 Å². The molecule has 0 N–H and O–H groups in total. The van der Waals surface area contributed by atoms with Crippen LogP contribution in [0.2, 0.25) is 5.28 Å². The third-order valence-electron chi connectivity index (χ3n) is 2.75. The molecule has 100 valence electrons. The van der Waals surface area contributed by atoms with Crippen molar-refractivity contribution in [3.05, 3.63) is 41.2 Å². The van der Waals surface area contributed by atoms with Gasteiger partial charge in [-0.25, -0.2) is 4.98 Å². The van der Waals surface area contributed by atoms with E-state index in [4.69, 9.17) is 11.6 Å². The molecule has 19 heavy (non-hydrogen) atoms. The van der Waals surface area contributed by atoms with Crippen LogP contribution in [0.15, 0.2) is 24.4 Å². The summed E-state index contributed by atoms with van der Waals surface area (Å²) in [6.45, 7) is 5.78. The molecule has 0 radical (unpaired) electrons. The van der Waals surface area contributed by atoms with Crippen LogP contribution in [0.4, 0.5) is 5.95 Å². The summed E-state index contributed by atoms with van der Waals surface area (Å²) in [4.78, 5) is 19.1. The molecule has 2 heterocycles. The van der Waals surface area contributed by atoms with E-state index in [1.54, 1.807) is 6.20 Å². The molecule has 0 fully saturated rings. The maximum atomic E-state index is 5.96.